The fourth-order valence-electron chi connectivity index (χ4n) is 4.47. The molecule has 6 heteroatoms. The van der Waals surface area contributed by atoms with E-state index in [4.69, 9.17) is 16.3 Å². The second-order valence-electron chi connectivity index (χ2n) is 7.73. The average molecular weight is 420 g/mol. The minimum Gasteiger partial charge on any atom is -0.497 e. The van der Waals surface area contributed by atoms with E-state index in [1.807, 2.05) is 35.2 Å². The van der Waals surface area contributed by atoms with E-state index >= 15 is 0 Å². The number of amides is 1. The Morgan fingerprint density at radius 3 is 2.73 bits per heavy atom. The number of halogens is 1. The first-order valence-corrected chi connectivity index (χ1v) is 10.5. The predicted molar refractivity (Wildman–Crippen MR) is 119 cm³/mol. The van der Waals surface area contributed by atoms with Gasteiger partial charge < -0.3 is 14.6 Å². The Labute approximate surface area is 179 Å². The molecule has 1 amide bonds. The van der Waals surface area contributed by atoms with Gasteiger partial charge in [0.05, 0.1) is 18.2 Å². The van der Waals surface area contributed by atoms with E-state index in [0.717, 1.165) is 35.0 Å². The molecule has 2 aromatic carbocycles. The molecule has 0 aliphatic carbocycles. The summed E-state index contributed by atoms with van der Waals surface area (Å²) in [4.78, 5) is 22.9. The van der Waals surface area contributed by atoms with E-state index in [1.165, 1.54) is 10.9 Å². The zero-order valence-electron chi connectivity index (χ0n) is 16.7. The van der Waals surface area contributed by atoms with Crippen LogP contribution in [0.25, 0.3) is 21.8 Å². The SMILES string of the molecule is COc1ccc2[nH]cc(C3CCN(C(=O)c4cc(Cl)nc5ccccc45)CC3)c2c1. The van der Waals surface area contributed by atoms with Crippen LogP contribution in [0.1, 0.15) is 34.7 Å². The van der Waals surface area contributed by atoms with Gasteiger partial charge in [-0.25, -0.2) is 4.98 Å². The number of piperidine rings is 1. The molecular weight excluding hydrogens is 398 g/mol. The van der Waals surface area contributed by atoms with Gasteiger partial charge in [-0.3, -0.25) is 4.79 Å². The summed E-state index contributed by atoms with van der Waals surface area (Å²) in [5.74, 6) is 1.29. The van der Waals surface area contributed by atoms with Crippen molar-refractivity contribution in [2.24, 2.45) is 0 Å². The van der Waals surface area contributed by atoms with Crippen molar-refractivity contribution in [3.05, 3.63) is 71.0 Å². The van der Waals surface area contributed by atoms with Crippen molar-refractivity contribution >= 4 is 39.3 Å². The summed E-state index contributed by atoms with van der Waals surface area (Å²) >= 11 is 6.18. The largest absolute Gasteiger partial charge is 0.497 e. The lowest BCUT2D eigenvalue weighted by Gasteiger charge is -2.32. The first-order valence-electron chi connectivity index (χ1n) is 10.1. The summed E-state index contributed by atoms with van der Waals surface area (Å²) in [6.07, 6.45) is 3.95. The van der Waals surface area contributed by atoms with Crippen molar-refractivity contribution in [2.75, 3.05) is 20.2 Å². The number of rotatable bonds is 3. The van der Waals surface area contributed by atoms with E-state index in [1.54, 1.807) is 13.2 Å². The number of hydrogen-bond acceptors (Lipinski definition) is 3. The molecule has 0 saturated carbocycles. The third kappa shape index (κ3) is 3.29. The number of nitrogens with one attached hydrogen (secondary N) is 1. The fourth-order valence-corrected chi connectivity index (χ4v) is 4.67. The van der Waals surface area contributed by atoms with Crippen LogP contribution >= 0.6 is 11.6 Å². The van der Waals surface area contributed by atoms with Crippen LogP contribution in [-0.4, -0.2) is 41.0 Å². The molecule has 1 N–H and O–H groups in total. The highest BCUT2D eigenvalue weighted by Gasteiger charge is 2.27. The highest BCUT2D eigenvalue weighted by molar-refractivity contribution is 6.30. The van der Waals surface area contributed by atoms with E-state index in [2.05, 4.69) is 28.3 Å². The minimum atomic E-state index is 0.0227. The van der Waals surface area contributed by atoms with Crippen molar-refractivity contribution in [1.82, 2.24) is 14.9 Å². The highest BCUT2D eigenvalue weighted by atomic mass is 35.5. The van der Waals surface area contributed by atoms with Gasteiger partial charge in [0.1, 0.15) is 10.9 Å². The number of fused-ring (bicyclic) bond motifs is 2. The van der Waals surface area contributed by atoms with Crippen molar-refractivity contribution < 1.29 is 9.53 Å². The molecule has 0 unspecified atom stereocenters. The maximum atomic E-state index is 13.3. The molecule has 4 aromatic rings. The molecule has 0 radical (unpaired) electrons. The standard InChI is InChI=1S/C24H22ClN3O2/c1-30-16-6-7-21-18(12-16)20(14-26-21)15-8-10-28(11-9-15)24(29)19-13-23(25)27-22-5-3-2-4-17(19)22/h2-7,12-15,26H,8-11H2,1H3. The molecular formula is C24H22ClN3O2. The van der Waals surface area contributed by atoms with Crippen molar-refractivity contribution in [1.29, 1.82) is 0 Å². The number of likely N-dealkylation sites (tertiary alicyclic amines) is 1. The Balaban J connectivity index is 1.37. The van der Waals surface area contributed by atoms with E-state index in [-0.39, 0.29) is 5.91 Å². The predicted octanol–water partition coefficient (Wildman–Crippen LogP) is 5.40. The van der Waals surface area contributed by atoms with Gasteiger partial charge in [0, 0.05) is 35.6 Å². The number of para-hydroxylation sites is 1. The van der Waals surface area contributed by atoms with E-state index in [9.17, 15) is 4.79 Å². The molecule has 0 spiro atoms. The number of aromatic amines is 1. The molecule has 0 bridgehead atoms. The molecule has 2 aromatic heterocycles. The van der Waals surface area contributed by atoms with Gasteiger partial charge in [0.15, 0.2) is 0 Å². The van der Waals surface area contributed by atoms with Gasteiger partial charge in [-0.15, -0.1) is 0 Å². The summed E-state index contributed by atoms with van der Waals surface area (Å²) in [5, 5.41) is 2.39. The van der Waals surface area contributed by atoms with Crippen LogP contribution in [0.5, 0.6) is 5.75 Å². The maximum Gasteiger partial charge on any atom is 0.254 e. The minimum absolute atomic E-state index is 0.0227. The molecule has 30 heavy (non-hydrogen) atoms. The van der Waals surface area contributed by atoms with Crippen LogP contribution in [0.3, 0.4) is 0 Å². The lowest BCUT2D eigenvalue weighted by atomic mass is 9.89. The summed E-state index contributed by atoms with van der Waals surface area (Å²) < 4.78 is 5.39. The highest BCUT2D eigenvalue weighted by Crippen LogP contribution is 2.35. The van der Waals surface area contributed by atoms with Crippen LogP contribution in [0.4, 0.5) is 0 Å². The molecule has 1 fully saturated rings. The normalized spacial score (nSPS) is 15.1. The van der Waals surface area contributed by atoms with Crippen molar-refractivity contribution in [3.63, 3.8) is 0 Å². The Hall–Kier alpha value is -3.05. The molecule has 3 heterocycles. The first-order chi connectivity index (χ1) is 14.6. The number of hydrogen-bond donors (Lipinski definition) is 1. The van der Waals surface area contributed by atoms with Gasteiger partial charge >= 0.3 is 0 Å². The molecule has 1 aliphatic rings. The Morgan fingerprint density at radius 2 is 1.93 bits per heavy atom. The van der Waals surface area contributed by atoms with Gasteiger partial charge in [-0.05, 0) is 54.7 Å². The maximum absolute atomic E-state index is 13.3. The average Bonchev–Trinajstić information content (AvgIpc) is 3.21. The number of carbonyl (C=O) groups is 1. The number of nitrogens with zero attached hydrogens (tertiary/aromatic N) is 2. The number of aromatic nitrogens is 2. The smallest absolute Gasteiger partial charge is 0.254 e. The van der Waals surface area contributed by atoms with Crippen LogP contribution in [-0.2, 0) is 0 Å². The quantitative estimate of drug-likeness (QED) is 0.452. The zero-order chi connectivity index (χ0) is 20.7. The third-order valence-corrected chi connectivity index (χ3v) is 6.25. The number of pyridine rings is 1. The van der Waals surface area contributed by atoms with Crippen molar-refractivity contribution in [3.8, 4) is 5.75 Å². The number of ether oxygens (including phenoxy) is 1. The Kier molecular flexibility index (Phi) is 4.83. The van der Waals surface area contributed by atoms with Gasteiger partial charge in [-0.2, -0.15) is 0 Å². The Morgan fingerprint density at radius 1 is 1.13 bits per heavy atom. The summed E-state index contributed by atoms with van der Waals surface area (Å²) in [6, 6.07) is 15.4. The second-order valence-corrected chi connectivity index (χ2v) is 8.12. The number of carbonyl (C=O) groups excluding carboxylic acids is 1. The summed E-state index contributed by atoms with van der Waals surface area (Å²) in [5.41, 5.74) is 3.78. The van der Waals surface area contributed by atoms with Crippen LogP contribution < -0.4 is 4.74 Å². The fraction of sp³-hybridized carbons (Fsp3) is 0.250. The monoisotopic (exact) mass is 419 g/mol. The Bertz CT molecular complexity index is 1240. The summed E-state index contributed by atoms with van der Waals surface area (Å²) in [6.45, 7) is 1.43. The van der Waals surface area contributed by atoms with Crippen molar-refractivity contribution in [2.45, 2.75) is 18.8 Å². The second kappa shape index (κ2) is 7.65. The number of benzene rings is 2. The number of H-pyrrole nitrogens is 1. The molecule has 5 rings (SSSR count). The molecule has 5 nitrogen and oxygen atoms in total. The molecule has 1 aliphatic heterocycles. The van der Waals surface area contributed by atoms with Gasteiger partial charge in [0.2, 0.25) is 0 Å². The lowest BCUT2D eigenvalue weighted by Crippen LogP contribution is -2.38. The molecule has 0 atom stereocenters. The van der Waals surface area contributed by atoms with E-state index < -0.39 is 0 Å². The van der Waals surface area contributed by atoms with Crippen LogP contribution in [0, 0.1) is 0 Å². The lowest BCUT2D eigenvalue weighted by molar-refractivity contribution is 0.0715. The molecule has 1 saturated heterocycles. The third-order valence-electron chi connectivity index (χ3n) is 6.06. The van der Waals surface area contributed by atoms with E-state index in [0.29, 0.717) is 29.7 Å². The summed E-state index contributed by atoms with van der Waals surface area (Å²) in [7, 11) is 1.69. The van der Waals surface area contributed by atoms with Crippen LogP contribution in [0.2, 0.25) is 5.15 Å². The van der Waals surface area contributed by atoms with Gasteiger partial charge in [0.25, 0.3) is 5.91 Å². The first kappa shape index (κ1) is 18.9. The van der Waals surface area contributed by atoms with Crippen LogP contribution in [0.15, 0.2) is 54.7 Å². The van der Waals surface area contributed by atoms with Gasteiger partial charge in [-0.1, -0.05) is 29.8 Å². The zero-order valence-corrected chi connectivity index (χ0v) is 17.4. The molecule has 152 valence electrons. The topological polar surface area (TPSA) is 58.2 Å². The number of methoxy groups -OCH3 is 1.